The zero-order chi connectivity index (χ0) is 12.5. The standard InChI is InChI=1S/C15H19NO2/c1-11-4-6-12(7-5-11)15(17)14-9-16-8-2-3-13(16)10-18-14/h4-7,13-14H,2-3,8-10H2,1H3. The van der Waals surface area contributed by atoms with E-state index in [-0.39, 0.29) is 11.9 Å². The highest BCUT2D eigenvalue weighted by Gasteiger charge is 2.35. The van der Waals surface area contributed by atoms with E-state index < -0.39 is 0 Å². The van der Waals surface area contributed by atoms with Crippen LogP contribution in [0.2, 0.25) is 0 Å². The molecule has 1 aromatic rings. The van der Waals surface area contributed by atoms with Crippen molar-refractivity contribution in [1.82, 2.24) is 4.90 Å². The predicted octanol–water partition coefficient (Wildman–Crippen LogP) is 2.04. The maximum absolute atomic E-state index is 12.3. The van der Waals surface area contributed by atoms with Crippen molar-refractivity contribution in [3.8, 4) is 0 Å². The summed E-state index contributed by atoms with van der Waals surface area (Å²) in [6.07, 6.45) is 2.17. The van der Waals surface area contributed by atoms with E-state index in [9.17, 15) is 4.79 Å². The van der Waals surface area contributed by atoms with E-state index in [2.05, 4.69) is 4.90 Å². The Balaban J connectivity index is 1.71. The van der Waals surface area contributed by atoms with Crippen LogP contribution >= 0.6 is 0 Å². The number of ketones is 1. The maximum Gasteiger partial charge on any atom is 0.192 e. The summed E-state index contributed by atoms with van der Waals surface area (Å²) in [5.74, 6) is 0.125. The van der Waals surface area contributed by atoms with Gasteiger partial charge in [-0.2, -0.15) is 0 Å². The number of morpholine rings is 1. The van der Waals surface area contributed by atoms with Gasteiger partial charge < -0.3 is 4.74 Å². The summed E-state index contributed by atoms with van der Waals surface area (Å²) in [4.78, 5) is 14.8. The van der Waals surface area contributed by atoms with E-state index in [1.807, 2.05) is 31.2 Å². The van der Waals surface area contributed by atoms with Gasteiger partial charge in [0.05, 0.1) is 6.61 Å². The molecular weight excluding hydrogens is 226 g/mol. The van der Waals surface area contributed by atoms with Crippen LogP contribution in [-0.4, -0.2) is 42.5 Å². The Bertz CT molecular complexity index is 440. The van der Waals surface area contributed by atoms with Crippen molar-refractivity contribution in [2.24, 2.45) is 0 Å². The molecule has 2 saturated heterocycles. The molecule has 2 fully saturated rings. The third-order valence-corrected chi connectivity index (χ3v) is 4.02. The summed E-state index contributed by atoms with van der Waals surface area (Å²) in [6, 6.07) is 8.31. The minimum Gasteiger partial charge on any atom is -0.367 e. The van der Waals surface area contributed by atoms with E-state index in [4.69, 9.17) is 4.74 Å². The lowest BCUT2D eigenvalue weighted by atomic mass is 10.0. The molecule has 3 rings (SSSR count). The van der Waals surface area contributed by atoms with Crippen LogP contribution in [-0.2, 0) is 4.74 Å². The van der Waals surface area contributed by atoms with Crippen LogP contribution < -0.4 is 0 Å². The molecule has 0 N–H and O–H groups in total. The summed E-state index contributed by atoms with van der Waals surface area (Å²) < 4.78 is 5.75. The monoisotopic (exact) mass is 245 g/mol. The van der Waals surface area contributed by atoms with Crippen molar-refractivity contribution in [1.29, 1.82) is 0 Å². The van der Waals surface area contributed by atoms with Crippen LogP contribution in [0.15, 0.2) is 24.3 Å². The zero-order valence-corrected chi connectivity index (χ0v) is 10.8. The number of nitrogens with zero attached hydrogens (tertiary/aromatic N) is 1. The van der Waals surface area contributed by atoms with Gasteiger partial charge in [-0.1, -0.05) is 29.8 Å². The van der Waals surface area contributed by atoms with Crippen LogP contribution in [0.4, 0.5) is 0 Å². The molecule has 1 aromatic carbocycles. The topological polar surface area (TPSA) is 29.5 Å². The van der Waals surface area contributed by atoms with Gasteiger partial charge in [0.15, 0.2) is 5.78 Å². The second-order valence-corrected chi connectivity index (χ2v) is 5.34. The molecule has 2 aliphatic rings. The first-order chi connectivity index (χ1) is 8.74. The second kappa shape index (κ2) is 4.82. The maximum atomic E-state index is 12.3. The molecular formula is C15H19NO2. The highest BCUT2D eigenvalue weighted by Crippen LogP contribution is 2.24. The van der Waals surface area contributed by atoms with Gasteiger partial charge in [-0.15, -0.1) is 0 Å². The van der Waals surface area contributed by atoms with E-state index in [0.717, 1.165) is 18.7 Å². The van der Waals surface area contributed by atoms with Gasteiger partial charge in [-0.05, 0) is 26.3 Å². The van der Waals surface area contributed by atoms with Crippen LogP contribution in [0.25, 0.3) is 0 Å². The van der Waals surface area contributed by atoms with Gasteiger partial charge in [0.1, 0.15) is 6.10 Å². The quantitative estimate of drug-likeness (QED) is 0.747. The lowest BCUT2D eigenvalue weighted by Crippen LogP contribution is -2.49. The zero-order valence-electron chi connectivity index (χ0n) is 10.8. The van der Waals surface area contributed by atoms with E-state index in [1.54, 1.807) is 0 Å². The molecule has 0 aromatic heterocycles. The average molecular weight is 245 g/mol. The summed E-state index contributed by atoms with van der Waals surface area (Å²) in [5.41, 5.74) is 1.94. The van der Waals surface area contributed by atoms with Crippen LogP contribution in [0, 0.1) is 6.92 Å². The smallest absolute Gasteiger partial charge is 0.192 e. The van der Waals surface area contributed by atoms with Gasteiger partial charge in [-0.3, -0.25) is 9.69 Å². The van der Waals surface area contributed by atoms with Crippen molar-refractivity contribution < 1.29 is 9.53 Å². The number of rotatable bonds is 2. The van der Waals surface area contributed by atoms with Crippen LogP contribution in [0.3, 0.4) is 0 Å². The number of ether oxygens (including phenoxy) is 1. The molecule has 3 nitrogen and oxygen atoms in total. The van der Waals surface area contributed by atoms with E-state index in [0.29, 0.717) is 12.6 Å². The first-order valence-electron chi connectivity index (χ1n) is 6.70. The Hall–Kier alpha value is -1.19. The number of fused-ring (bicyclic) bond motifs is 1. The van der Waals surface area contributed by atoms with Gasteiger partial charge in [0, 0.05) is 18.2 Å². The molecule has 3 heteroatoms. The Kier molecular flexibility index (Phi) is 3.18. The second-order valence-electron chi connectivity index (χ2n) is 5.34. The summed E-state index contributed by atoms with van der Waals surface area (Å²) >= 11 is 0. The lowest BCUT2D eigenvalue weighted by molar-refractivity contribution is -0.0344. The van der Waals surface area contributed by atoms with Gasteiger partial charge >= 0.3 is 0 Å². The fourth-order valence-corrected chi connectivity index (χ4v) is 2.88. The molecule has 96 valence electrons. The van der Waals surface area contributed by atoms with Crippen molar-refractivity contribution in [3.05, 3.63) is 35.4 Å². The predicted molar refractivity (Wildman–Crippen MR) is 69.8 cm³/mol. The summed E-state index contributed by atoms with van der Waals surface area (Å²) in [6.45, 7) is 4.62. The van der Waals surface area contributed by atoms with E-state index >= 15 is 0 Å². The van der Waals surface area contributed by atoms with Crippen molar-refractivity contribution in [2.45, 2.75) is 31.9 Å². The largest absolute Gasteiger partial charge is 0.367 e. The summed E-state index contributed by atoms with van der Waals surface area (Å²) in [5, 5.41) is 0. The normalized spacial score (nSPS) is 28.1. The number of hydrogen-bond donors (Lipinski definition) is 0. The fraction of sp³-hybridized carbons (Fsp3) is 0.533. The molecule has 0 amide bonds. The van der Waals surface area contributed by atoms with Crippen molar-refractivity contribution in [3.63, 3.8) is 0 Å². The van der Waals surface area contributed by atoms with Gasteiger partial charge in [-0.25, -0.2) is 0 Å². The Morgan fingerprint density at radius 3 is 2.89 bits per heavy atom. The number of carbonyl (C=O) groups excluding carboxylic acids is 1. The average Bonchev–Trinajstić information content (AvgIpc) is 2.86. The van der Waals surface area contributed by atoms with Gasteiger partial charge in [0.25, 0.3) is 0 Å². The minimum atomic E-state index is -0.276. The highest BCUT2D eigenvalue weighted by atomic mass is 16.5. The molecule has 0 spiro atoms. The molecule has 0 bridgehead atoms. The van der Waals surface area contributed by atoms with Gasteiger partial charge in [0.2, 0.25) is 0 Å². The SMILES string of the molecule is Cc1ccc(C(=O)C2CN3CCCC3CO2)cc1. The third-order valence-electron chi connectivity index (χ3n) is 4.02. The molecule has 2 unspecified atom stereocenters. The first kappa shape index (κ1) is 11.9. The Morgan fingerprint density at radius 1 is 1.33 bits per heavy atom. The van der Waals surface area contributed by atoms with Crippen molar-refractivity contribution >= 4 is 5.78 Å². The highest BCUT2D eigenvalue weighted by molar-refractivity contribution is 5.99. The minimum absolute atomic E-state index is 0.125. The summed E-state index contributed by atoms with van der Waals surface area (Å²) in [7, 11) is 0. The molecule has 2 atom stereocenters. The number of hydrogen-bond acceptors (Lipinski definition) is 3. The number of benzene rings is 1. The fourth-order valence-electron chi connectivity index (χ4n) is 2.88. The first-order valence-corrected chi connectivity index (χ1v) is 6.70. The molecule has 0 saturated carbocycles. The van der Waals surface area contributed by atoms with E-state index in [1.165, 1.54) is 18.4 Å². The lowest BCUT2D eigenvalue weighted by Gasteiger charge is -2.34. The number of Topliss-reactive ketones (excluding diaryl/α,β-unsaturated/α-hetero) is 1. The molecule has 2 aliphatic heterocycles. The molecule has 0 aliphatic carbocycles. The Labute approximate surface area is 108 Å². The molecule has 18 heavy (non-hydrogen) atoms. The number of aryl methyl sites for hydroxylation is 1. The van der Waals surface area contributed by atoms with Crippen LogP contribution in [0.5, 0.6) is 0 Å². The van der Waals surface area contributed by atoms with Crippen LogP contribution in [0.1, 0.15) is 28.8 Å². The Morgan fingerprint density at radius 2 is 2.11 bits per heavy atom. The number of carbonyl (C=O) groups is 1. The molecule has 0 radical (unpaired) electrons. The third kappa shape index (κ3) is 2.20. The molecule has 2 heterocycles. The van der Waals surface area contributed by atoms with Crippen molar-refractivity contribution in [2.75, 3.05) is 19.7 Å².